The Morgan fingerprint density at radius 1 is 0.266 bits per heavy atom. The lowest BCUT2D eigenvalue weighted by Gasteiger charge is -2.27. The highest BCUT2D eigenvalue weighted by atomic mass is 16.6. The molecule has 0 N–H and O–H groups in total. The lowest BCUT2D eigenvalue weighted by atomic mass is 10.1. The Labute approximate surface area is 451 Å². The van der Waals surface area contributed by atoms with Crippen molar-refractivity contribution < 1.29 is 14.8 Å². The molecule has 1 aromatic heterocycles. The number of fused-ring (bicyclic) bond motifs is 6. The SMILES string of the molecule is O=[N+]([O-])c1ccc(N(c2ccc(-n3c4cc(N(c5ccc([N+](=O)[O-])cc5)c5ccc6ccccc6c5)ccc4c4ccc(N(c5ccc([N+](=O)[O-])cc5)c5ccc6ccccc6c5)cc43)cc2)c2ccc3ccccc3c2)cc1. The van der Waals surface area contributed by atoms with Gasteiger partial charge < -0.3 is 19.3 Å². The summed E-state index contributed by atoms with van der Waals surface area (Å²) in [6, 6.07) is 83.7. The Hall–Kier alpha value is -11.2. The second-order valence-electron chi connectivity index (χ2n) is 19.2. The van der Waals surface area contributed by atoms with Gasteiger partial charge in [0.05, 0.1) is 25.8 Å². The van der Waals surface area contributed by atoms with E-state index >= 15 is 0 Å². The third-order valence-electron chi connectivity index (χ3n) is 14.5. The molecule has 0 fully saturated rings. The van der Waals surface area contributed by atoms with Crippen molar-refractivity contribution in [3.63, 3.8) is 0 Å². The summed E-state index contributed by atoms with van der Waals surface area (Å²) in [6.45, 7) is 0. The van der Waals surface area contributed by atoms with Crippen LogP contribution in [0, 0.1) is 30.3 Å². The standard InChI is InChI=1S/C66H43N7O6/c74-71(75)55-29-23-51(24-30-55)67(58-16-13-44-7-1-4-10-47(44)39-58)50-19-21-54(22-20-50)70-65-42-61(68(52-25-31-56(32-26-52)72(76)77)59-17-14-45-8-2-5-11-48(45)40-59)35-37-63(65)64-38-36-62(43-66(64)70)69(53-27-33-57(34-28-53)73(78)79)60-18-15-46-9-3-6-12-49(46)41-60/h1-43H. The van der Waals surface area contributed by atoms with E-state index in [1.54, 1.807) is 36.4 Å². The number of hydrogen-bond acceptors (Lipinski definition) is 9. The lowest BCUT2D eigenvalue weighted by Crippen LogP contribution is -2.11. The van der Waals surface area contributed by atoms with Crippen LogP contribution in [0.2, 0.25) is 0 Å². The molecule has 0 unspecified atom stereocenters. The van der Waals surface area contributed by atoms with E-state index in [0.717, 1.165) is 111 Å². The summed E-state index contributed by atoms with van der Waals surface area (Å²) in [6.07, 6.45) is 0. The molecule has 0 amide bonds. The maximum absolute atomic E-state index is 11.9. The van der Waals surface area contributed by atoms with Crippen LogP contribution in [0.15, 0.2) is 261 Å². The monoisotopic (exact) mass is 1030 g/mol. The van der Waals surface area contributed by atoms with Crippen molar-refractivity contribution >= 4 is 122 Å². The highest BCUT2D eigenvalue weighted by Gasteiger charge is 2.23. The average molecular weight is 1030 g/mol. The fraction of sp³-hybridized carbons (Fsp3) is 0. The van der Waals surface area contributed by atoms with E-state index in [-0.39, 0.29) is 17.1 Å². The van der Waals surface area contributed by atoms with Crippen LogP contribution in [-0.4, -0.2) is 19.3 Å². The number of nitro benzene ring substituents is 3. The molecule has 0 radical (unpaired) electrons. The predicted octanol–water partition coefficient (Wildman–Crippen LogP) is 18.4. The third-order valence-corrected chi connectivity index (χ3v) is 14.5. The summed E-state index contributed by atoms with van der Waals surface area (Å²) >= 11 is 0. The third kappa shape index (κ3) is 8.78. The Balaban J connectivity index is 1.03. The molecule has 378 valence electrons. The van der Waals surface area contributed by atoms with Gasteiger partial charge in [-0.15, -0.1) is 0 Å². The quantitative estimate of drug-likeness (QED) is 0.0814. The molecule has 79 heavy (non-hydrogen) atoms. The van der Waals surface area contributed by atoms with Crippen molar-refractivity contribution in [2.45, 2.75) is 0 Å². The van der Waals surface area contributed by atoms with Crippen LogP contribution < -0.4 is 14.7 Å². The molecule has 0 aliphatic heterocycles. The topological polar surface area (TPSA) is 144 Å². The van der Waals surface area contributed by atoms with Crippen molar-refractivity contribution in [2.75, 3.05) is 14.7 Å². The van der Waals surface area contributed by atoms with Crippen LogP contribution in [-0.2, 0) is 0 Å². The maximum atomic E-state index is 11.9. The summed E-state index contributed by atoms with van der Waals surface area (Å²) < 4.78 is 2.23. The average Bonchev–Trinajstić information content (AvgIpc) is 3.89. The minimum Gasteiger partial charge on any atom is -0.310 e. The number of benzene rings is 12. The number of non-ortho nitro benzene ring substituents is 3. The molecule has 0 saturated heterocycles. The summed E-state index contributed by atoms with van der Waals surface area (Å²) in [5.41, 5.74) is 9.74. The maximum Gasteiger partial charge on any atom is 0.269 e. The minimum atomic E-state index is -0.401. The van der Waals surface area contributed by atoms with Crippen LogP contribution in [0.4, 0.5) is 68.2 Å². The molecular weight excluding hydrogens is 987 g/mol. The van der Waals surface area contributed by atoms with Crippen molar-refractivity contribution in [2.24, 2.45) is 0 Å². The fourth-order valence-electron chi connectivity index (χ4n) is 10.8. The molecule has 0 atom stereocenters. The van der Waals surface area contributed by atoms with Crippen molar-refractivity contribution in [3.8, 4) is 5.69 Å². The lowest BCUT2D eigenvalue weighted by molar-refractivity contribution is -0.385. The number of nitrogens with zero attached hydrogens (tertiary/aromatic N) is 7. The van der Waals surface area contributed by atoms with Crippen LogP contribution >= 0.6 is 0 Å². The smallest absolute Gasteiger partial charge is 0.269 e. The Kier molecular flexibility index (Phi) is 11.7. The minimum absolute atomic E-state index is 0.0109. The largest absolute Gasteiger partial charge is 0.310 e. The molecular formula is C66H43N7O6. The van der Waals surface area contributed by atoms with Crippen LogP contribution in [0.5, 0.6) is 0 Å². The van der Waals surface area contributed by atoms with E-state index in [9.17, 15) is 30.3 Å². The van der Waals surface area contributed by atoms with Gasteiger partial charge in [0.2, 0.25) is 0 Å². The van der Waals surface area contributed by atoms with Crippen molar-refractivity contribution in [3.05, 3.63) is 291 Å². The Morgan fingerprint density at radius 3 is 0.835 bits per heavy atom. The molecule has 13 heteroatoms. The van der Waals surface area contributed by atoms with Crippen LogP contribution in [0.25, 0.3) is 59.8 Å². The zero-order valence-corrected chi connectivity index (χ0v) is 41.9. The molecule has 13 rings (SSSR count). The summed E-state index contributed by atoms with van der Waals surface area (Å²) in [5, 5.41) is 43.9. The molecule has 13 nitrogen and oxygen atoms in total. The first-order valence-corrected chi connectivity index (χ1v) is 25.4. The first-order chi connectivity index (χ1) is 38.6. The van der Waals surface area contributed by atoms with Gasteiger partial charge in [-0.05, 0) is 154 Å². The summed E-state index contributed by atoms with van der Waals surface area (Å²) in [5.74, 6) is 0. The zero-order valence-electron chi connectivity index (χ0n) is 41.9. The van der Waals surface area contributed by atoms with Gasteiger partial charge in [-0.25, -0.2) is 0 Å². The number of rotatable bonds is 13. The van der Waals surface area contributed by atoms with Crippen molar-refractivity contribution in [1.82, 2.24) is 4.57 Å². The van der Waals surface area contributed by atoms with Crippen molar-refractivity contribution in [1.29, 1.82) is 0 Å². The number of nitro groups is 3. The van der Waals surface area contributed by atoms with Crippen LogP contribution in [0.1, 0.15) is 0 Å². The summed E-state index contributed by atoms with van der Waals surface area (Å²) in [4.78, 5) is 40.7. The molecule has 0 saturated carbocycles. The summed E-state index contributed by atoms with van der Waals surface area (Å²) in [7, 11) is 0. The normalized spacial score (nSPS) is 11.3. The molecule has 0 aliphatic carbocycles. The molecule has 0 aliphatic rings. The number of anilines is 9. The van der Waals surface area contributed by atoms with Gasteiger partial charge in [-0.2, -0.15) is 0 Å². The van der Waals surface area contributed by atoms with Gasteiger partial charge >= 0.3 is 0 Å². The molecule has 1 heterocycles. The molecule has 0 spiro atoms. The van der Waals surface area contributed by atoms with Gasteiger partial charge in [-0.3, -0.25) is 30.3 Å². The number of hydrogen-bond donors (Lipinski definition) is 0. The van der Waals surface area contributed by atoms with Gasteiger partial charge in [-0.1, -0.05) is 103 Å². The van der Waals surface area contributed by atoms with Gasteiger partial charge in [0.15, 0.2) is 0 Å². The second-order valence-corrected chi connectivity index (χ2v) is 19.2. The highest BCUT2D eigenvalue weighted by molar-refractivity contribution is 6.12. The van der Waals surface area contributed by atoms with Gasteiger partial charge in [0.1, 0.15) is 0 Å². The van der Waals surface area contributed by atoms with E-state index in [1.807, 2.05) is 54.6 Å². The highest BCUT2D eigenvalue weighted by Crippen LogP contribution is 2.45. The van der Waals surface area contributed by atoms with E-state index in [2.05, 4.69) is 153 Å². The van der Waals surface area contributed by atoms with E-state index in [0.29, 0.717) is 0 Å². The number of aromatic nitrogens is 1. The Morgan fingerprint density at radius 2 is 0.519 bits per heavy atom. The second kappa shape index (κ2) is 19.5. The fourth-order valence-corrected chi connectivity index (χ4v) is 10.8. The Bertz CT molecular complexity index is 4350. The first kappa shape index (κ1) is 47.5. The van der Waals surface area contributed by atoms with E-state index < -0.39 is 14.8 Å². The van der Waals surface area contributed by atoms with Gasteiger partial charge in [0, 0.05) is 104 Å². The van der Waals surface area contributed by atoms with Crippen LogP contribution in [0.3, 0.4) is 0 Å². The molecule has 12 aromatic carbocycles. The predicted molar refractivity (Wildman–Crippen MR) is 317 cm³/mol. The van der Waals surface area contributed by atoms with E-state index in [1.165, 1.54) is 36.4 Å². The van der Waals surface area contributed by atoms with Gasteiger partial charge in [0.25, 0.3) is 17.1 Å². The zero-order chi connectivity index (χ0) is 53.7. The molecule has 0 bridgehead atoms. The first-order valence-electron chi connectivity index (χ1n) is 25.4. The van der Waals surface area contributed by atoms with E-state index in [4.69, 9.17) is 0 Å². The molecule has 13 aromatic rings.